The lowest BCUT2D eigenvalue weighted by Crippen LogP contribution is -1.91. The first kappa shape index (κ1) is 21.9. The SMILES string of the molecule is CC/C=C\C/C=C/C/C=C\C/C=C\C/C=C\C/C=C/CCC(=O)O. The van der Waals surface area contributed by atoms with Gasteiger partial charge in [-0.25, -0.2) is 0 Å². The molecule has 0 aliphatic carbocycles. The van der Waals surface area contributed by atoms with E-state index in [2.05, 4.69) is 67.7 Å². The van der Waals surface area contributed by atoms with Gasteiger partial charge in [-0.15, -0.1) is 0 Å². The number of carboxylic acids is 1. The molecule has 0 aromatic rings. The number of aliphatic carboxylic acids is 1. The zero-order chi connectivity index (χ0) is 17.7. The standard InChI is InChI=1S/C22H32O2/c1-2-3-4-5-6-7-8-9-10-11-12-13-14-15-16-17-18-19-20-21-22(23)24/h3-4,6-7,9-10,12-13,15-16,18-19H,2,5,8,11,14,17,20-21H2,1H3,(H,23,24)/b4-3-,7-6+,10-9-,13-12-,16-15-,19-18+. The lowest BCUT2D eigenvalue weighted by Gasteiger charge is -1.87. The predicted octanol–water partition coefficient (Wildman–Crippen LogP) is 6.55. The second-order valence-corrected chi connectivity index (χ2v) is 5.35. The van der Waals surface area contributed by atoms with Crippen molar-refractivity contribution in [3.8, 4) is 0 Å². The smallest absolute Gasteiger partial charge is 0.303 e. The van der Waals surface area contributed by atoms with Gasteiger partial charge in [0, 0.05) is 6.42 Å². The Hall–Kier alpha value is -2.09. The topological polar surface area (TPSA) is 37.3 Å². The molecule has 0 aromatic heterocycles. The van der Waals surface area contributed by atoms with Crippen molar-refractivity contribution in [3.63, 3.8) is 0 Å². The molecule has 0 amide bonds. The summed E-state index contributed by atoms with van der Waals surface area (Å²) in [6.45, 7) is 2.15. The minimum Gasteiger partial charge on any atom is -0.481 e. The highest BCUT2D eigenvalue weighted by Crippen LogP contribution is 1.97. The van der Waals surface area contributed by atoms with Gasteiger partial charge in [0.15, 0.2) is 0 Å². The average molecular weight is 328 g/mol. The second kappa shape index (κ2) is 19.0. The van der Waals surface area contributed by atoms with Crippen LogP contribution in [-0.4, -0.2) is 11.1 Å². The third kappa shape index (κ3) is 19.9. The van der Waals surface area contributed by atoms with Crippen molar-refractivity contribution in [1.82, 2.24) is 0 Å². The molecule has 0 aliphatic rings. The predicted molar refractivity (Wildman–Crippen MR) is 105 cm³/mol. The highest BCUT2D eigenvalue weighted by molar-refractivity contribution is 5.66. The summed E-state index contributed by atoms with van der Waals surface area (Å²) >= 11 is 0. The Bertz CT molecular complexity index is 462. The van der Waals surface area contributed by atoms with Crippen molar-refractivity contribution in [2.45, 2.75) is 58.3 Å². The van der Waals surface area contributed by atoms with Gasteiger partial charge in [0.25, 0.3) is 0 Å². The Morgan fingerprint density at radius 2 is 0.958 bits per heavy atom. The molecule has 0 heterocycles. The van der Waals surface area contributed by atoms with E-state index in [1.54, 1.807) is 0 Å². The molecular formula is C22H32O2. The molecule has 0 bridgehead atoms. The van der Waals surface area contributed by atoms with Crippen LogP contribution in [0.5, 0.6) is 0 Å². The van der Waals surface area contributed by atoms with Crippen molar-refractivity contribution in [2.75, 3.05) is 0 Å². The molecule has 2 nitrogen and oxygen atoms in total. The van der Waals surface area contributed by atoms with Gasteiger partial charge in [-0.2, -0.15) is 0 Å². The molecule has 0 atom stereocenters. The molecular weight excluding hydrogens is 296 g/mol. The van der Waals surface area contributed by atoms with Crippen LogP contribution in [0.15, 0.2) is 72.9 Å². The largest absolute Gasteiger partial charge is 0.481 e. The number of hydrogen-bond acceptors (Lipinski definition) is 1. The third-order valence-electron chi connectivity index (χ3n) is 3.12. The van der Waals surface area contributed by atoms with E-state index in [4.69, 9.17) is 5.11 Å². The zero-order valence-electron chi connectivity index (χ0n) is 14.9. The first-order chi connectivity index (χ1) is 11.8. The fourth-order valence-electron chi connectivity index (χ4n) is 1.85. The maximum Gasteiger partial charge on any atom is 0.303 e. The maximum atomic E-state index is 10.3. The zero-order valence-corrected chi connectivity index (χ0v) is 14.9. The molecule has 132 valence electrons. The molecule has 0 aliphatic heterocycles. The van der Waals surface area contributed by atoms with Crippen LogP contribution in [-0.2, 0) is 4.79 Å². The molecule has 24 heavy (non-hydrogen) atoms. The average Bonchev–Trinajstić information content (AvgIpc) is 2.56. The summed E-state index contributed by atoms with van der Waals surface area (Å²) in [6.07, 6.45) is 32.5. The Labute approximate surface area is 147 Å². The normalized spacial score (nSPS) is 13.0. The number of carboxylic acid groups (broad SMARTS) is 1. The molecule has 1 N–H and O–H groups in total. The van der Waals surface area contributed by atoms with Crippen LogP contribution < -0.4 is 0 Å². The van der Waals surface area contributed by atoms with Gasteiger partial charge in [-0.05, 0) is 44.9 Å². The molecule has 2 heteroatoms. The lowest BCUT2D eigenvalue weighted by molar-refractivity contribution is -0.136. The van der Waals surface area contributed by atoms with Crippen LogP contribution in [0.4, 0.5) is 0 Å². The summed E-state index contributed by atoms with van der Waals surface area (Å²) in [7, 11) is 0. The molecule has 0 radical (unpaired) electrons. The maximum absolute atomic E-state index is 10.3. The van der Waals surface area contributed by atoms with E-state index >= 15 is 0 Å². The molecule has 0 fully saturated rings. The van der Waals surface area contributed by atoms with Gasteiger partial charge in [0.2, 0.25) is 0 Å². The highest BCUT2D eigenvalue weighted by atomic mass is 16.4. The van der Waals surface area contributed by atoms with Gasteiger partial charge in [-0.1, -0.05) is 79.8 Å². The Morgan fingerprint density at radius 3 is 1.29 bits per heavy atom. The van der Waals surface area contributed by atoms with Crippen LogP contribution in [0.1, 0.15) is 58.3 Å². The summed E-state index contributed by atoms with van der Waals surface area (Å²) < 4.78 is 0. The molecule has 0 rings (SSSR count). The highest BCUT2D eigenvalue weighted by Gasteiger charge is 1.90. The van der Waals surface area contributed by atoms with Crippen LogP contribution in [0.25, 0.3) is 0 Å². The van der Waals surface area contributed by atoms with Gasteiger partial charge in [0.05, 0.1) is 0 Å². The van der Waals surface area contributed by atoms with Crippen molar-refractivity contribution >= 4 is 5.97 Å². The Kier molecular flexibility index (Phi) is 17.3. The first-order valence-electron chi connectivity index (χ1n) is 8.89. The first-order valence-corrected chi connectivity index (χ1v) is 8.89. The number of hydrogen-bond donors (Lipinski definition) is 1. The number of carbonyl (C=O) groups is 1. The van der Waals surface area contributed by atoms with E-state index < -0.39 is 5.97 Å². The van der Waals surface area contributed by atoms with E-state index in [9.17, 15) is 4.79 Å². The van der Waals surface area contributed by atoms with Crippen LogP contribution >= 0.6 is 0 Å². The van der Waals surface area contributed by atoms with Crippen molar-refractivity contribution in [2.24, 2.45) is 0 Å². The lowest BCUT2D eigenvalue weighted by atomic mass is 10.2. The number of rotatable bonds is 14. The molecule has 0 saturated heterocycles. The van der Waals surface area contributed by atoms with E-state index in [0.29, 0.717) is 6.42 Å². The second-order valence-electron chi connectivity index (χ2n) is 5.35. The summed E-state index contributed by atoms with van der Waals surface area (Å²) in [6, 6.07) is 0. The van der Waals surface area contributed by atoms with E-state index in [0.717, 1.165) is 38.5 Å². The molecule has 0 spiro atoms. The number of allylic oxidation sites excluding steroid dienone is 12. The molecule has 0 aromatic carbocycles. The summed E-state index contributed by atoms with van der Waals surface area (Å²) in [5.41, 5.74) is 0. The summed E-state index contributed by atoms with van der Waals surface area (Å²) in [5.74, 6) is -0.741. The van der Waals surface area contributed by atoms with E-state index in [-0.39, 0.29) is 6.42 Å². The van der Waals surface area contributed by atoms with Gasteiger partial charge in [0.1, 0.15) is 0 Å². The van der Waals surface area contributed by atoms with Crippen LogP contribution in [0, 0.1) is 0 Å². The van der Waals surface area contributed by atoms with Crippen molar-refractivity contribution < 1.29 is 9.90 Å². The molecule has 0 unspecified atom stereocenters. The third-order valence-corrected chi connectivity index (χ3v) is 3.12. The van der Waals surface area contributed by atoms with E-state index in [1.807, 2.05) is 12.2 Å². The monoisotopic (exact) mass is 328 g/mol. The van der Waals surface area contributed by atoms with Gasteiger partial charge in [-0.3, -0.25) is 4.79 Å². The van der Waals surface area contributed by atoms with Crippen LogP contribution in [0.3, 0.4) is 0 Å². The van der Waals surface area contributed by atoms with Crippen molar-refractivity contribution in [3.05, 3.63) is 72.9 Å². The molecule has 0 saturated carbocycles. The minimum atomic E-state index is -0.741. The fraction of sp³-hybridized carbons (Fsp3) is 0.409. The van der Waals surface area contributed by atoms with Gasteiger partial charge >= 0.3 is 5.97 Å². The summed E-state index contributed by atoms with van der Waals surface area (Å²) in [5, 5.41) is 8.49. The quantitative estimate of drug-likeness (QED) is 0.367. The van der Waals surface area contributed by atoms with Crippen LogP contribution in [0.2, 0.25) is 0 Å². The van der Waals surface area contributed by atoms with Gasteiger partial charge < -0.3 is 5.11 Å². The Morgan fingerprint density at radius 1 is 0.625 bits per heavy atom. The van der Waals surface area contributed by atoms with Crippen molar-refractivity contribution in [1.29, 1.82) is 0 Å². The fourth-order valence-corrected chi connectivity index (χ4v) is 1.85. The minimum absolute atomic E-state index is 0.210. The summed E-state index contributed by atoms with van der Waals surface area (Å²) in [4.78, 5) is 10.3. The Balaban J connectivity index is 3.51. The van der Waals surface area contributed by atoms with E-state index in [1.165, 1.54) is 0 Å².